The van der Waals surface area contributed by atoms with Gasteiger partial charge in [0.2, 0.25) is 0 Å². The van der Waals surface area contributed by atoms with Gasteiger partial charge in [0.05, 0.1) is 23.9 Å². The molecule has 0 fully saturated rings. The molecule has 7 nitrogen and oxygen atoms in total. The van der Waals surface area contributed by atoms with Gasteiger partial charge in [0.25, 0.3) is 0 Å². The number of nitrogens with zero attached hydrogens (tertiary/aromatic N) is 4. The molecule has 2 heterocycles. The van der Waals surface area contributed by atoms with Crippen LogP contribution < -0.4 is 4.90 Å². The van der Waals surface area contributed by atoms with Crippen LogP contribution in [0.4, 0.5) is 5.82 Å². The number of hydrogen-bond donors (Lipinski definition) is 0. The van der Waals surface area contributed by atoms with E-state index in [-0.39, 0.29) is 6.61 Å². The SMILES string of the molecule is CCOC(=O)c1cccnc1Sc1ccnc(N(C)C)c1/C=N/[S+]([O-])C(C)(C)C. The molecule has 2 aromatic rings. The lowest BCUT2D eigenvalue weighted by Crippen LogP contribution is -2.26. The van der Waals surface area contributed by atoms with Gasteiger partial charge in [-0.25, -0.2) is 14.8 Å². The van der Waals surface area contributed by atoms with Crippen LogP contribution in [0.5, 0.6) is 0 Å². The minimum absolute atomic E-state index is 0.286. The molecule has 0 aromatic carbocycles. The smallest absolute Gasteiger partial charge is 0.340 e. The Morgan fingerprint density at radius 2 is 2.03 bits per heavy atom. The number of anilines is 1. The van der Waals surface area contributed by atoms with Crippen LogP contribution in [0.25, 0.3) is 0 Å². The van der Waals surface area contributed by atoms with E-state index >= 15 is 0 Å². The second kappa shape index (κ2) is 10.1. The lowest BCUT2D eigenvalue weighted by atomic mass is 10.2. The van der Waals surface area contributed by atoms with Crippen molar-refractivity contribution in [3.05, 3.63) is 41.7 Å². The molecule has 0 aliphatic rings. The Morgan fingerprint density at radius 3 is 2.66 bits per heavy atom. The van der Waals surface area contributed by atoms with Crippen LogP contribution in [-0.4, -0.2) is 52.2 Å². The van der Waals surface area contributed by atoms with Crippen LogP contribution in [0, 0.1) is 0 Å². The molecule has 0 bridgehead atoms. The Bertz CT molecular complexity index is 882. The van der Waals surface area contributed by atoms with Crippen molar-refractivity contribution >= 4 is 41.1 Å². The Kier molecular flexibility index (Phi) is 8.06. The first-order chi connectivity index (χ1) is 13.6. The van der Waals surface area contributed by atoms with Crippen LogP contribution in [0.2, 0.25) is 0 Å². The third-order valence-corrected chi connectivity index (χ3v) is 6.07. The van der Waals surface area contributed by atoms with E-state index in [0.717, 1.165) is 4.90 Å². The lowest BCUT2D eigenvalue weighted by molar-refractivity contribution is 0.0521. The monoisotopic (exact) mass is 434 g/mol. The fourth-order valence-corrected chi connectivity index (χ4v) is 3.69. The van der Waals surface area contributed by atoms with Crippen molar-refractivity contribution < 1.29 is 14.1 Å². The zero-order valence-electron chi connectivity index (χ0n) is 17.5. The normalized spacial score (nSPS) is 12.8. The summed E-state index contributed by atoms with van der Waals surface area (Å²) in [6.45, 7) is 7.65. The first-order valence-electron chi connectivity index (χ1n) is 9.07. The van der Waals surface area contributed by atoms with Gasteiger partial charge < -0.3 is 14.2 Å². The summed E-state index contributed by atoms with van der Waals surface area (Å²) in [5, 5.41) is 0.522. The van der Waals surface area contributed by atoms with Crippen molar-refractivity contribution in [1.29, 1.82) is 0 Å². The van der Waals surface area contributed by atoms with E-state index in [4.69, 9.17) is 4.74 Å². The molecule has 0 N–H and O–H groups in total. The number of hydrogen-bond acceptors (Lipinski definition) is 8. The molecule has 2 rings (SSSR count). The second-order valence-electron chi connectivity index (χ2n) is 7.22. The van der Waals surface area contributed by atoms with E-state index in [0.29, 0.717) is 22.0 Å². The predicted octanol–water partition coefficient (Wildman–Crippen LogP) is 3.75. The lowest BCUT2D eigenvalue weighted by Gasteiger charge is -2.19. The second-order valence-corrected chi connectivity index (χ2v) is 10.2. The van der Waals surface area contributed by atoms with E-state index in [1.807, 2.05) is 45.8 Å². The van der Waals surface area contributed by atoms with Crippen LogP contribution >= 0.6 is 11.8 Å². The standard InChI is InChI=1S/C20H26N4O3S2/c1-7-27-19(25)14-9-8-11-22-18(14)28-16-10-12-21-17(24(5)6)15(16)13-23-29(26)20(2,3)4/h8-13H,7H2,1-6H3/b23-13+. The highest BCUT2D eigenvalue weighted by molar-refractivity contribution is 7.99. The summed E-state index contributed by atoms with van der Waals surface area (Å²) in [5.74, 6) is 0.257. The topological polar surface area (TPSA) is 90.7 Å². The molecule has 2 aromatic heterocycles. The first-order valence-corrected chi connectivity index (χ1v) is 11.0. The molecule has 9 heteroatoms. The molecule has 0 amide bonds. The Hall–Kier alpha value is -2.10. The largest absolute Gasteiger partial charge is 0.591 e. The van der Waals surface area contributed by atoms with Gasteiger partial charge >= 0.3 is 5.97 Å². The fourth-order valence-electron chi connectivity index (χ4n) is 2.21. The summed E-state index contributed by atoms with van der Waals surface area (Å²) in [4.78, 5) is 23.7. The molecule has 156 valence electrons. The van der Waals surface area contributed by atoms with Crippen molar-refractivity contribution in [3.8, 4) is 0 Å². The number of carbonyl (C=O) groups is 1. The highest BCUT2D eigenvalue weighted by atomic mass is 32.2. The summed E-state index contributed by atoms with van der Waals surface area (Å²) < 4.78 is 21.3. The highest BCUT2D eigenvalue weighted by Gasteiger charge is 2.26. The van der Waals surface area contributed by atoms with Gasteiger partial charge in [-0.15, -0.1) is 0 Å². The summed E-state index contributed by atoms with van der Waals surface area (Å²) >= 11 is -0.0874. The van der Waals surface area contributed by atoms with E-state index in [2.05, 4.69) is 14.4 Å². The molecule has 0 saturated heterocycles. The minimum Gasteiger partial charge on any atom is -0.591 e. The summed E-state index contributed by atoms with van der Waals surface area (Å²) in [5.41, 5.74) is 1.10. The van der Waals surface area contributed by atoms with Gasteiger partial charge in [0.1, 0.15) is 27.0 Å². The van der Waals surface area contributed by atoms with Crippen LogP contribution in [0.15, 0.2) is 44.9 Å². The third kappa shape index (κ3) is 6.19. The zero-order chi connectivity index (χ0) is 21.6. The van der Waals surface area contributed by atoms with E-state index in [1.54, 1.807) is 37.7 Å². The minimum atomic E-state index is -1.40. The van der Waals surface area contributed by atoms with Gasteiger partial charge in [-0.05, 0) is 45.9 Å². The maximum atomic E-state index is 12.4. The van der Waals surface area contributed by atoms with Crippen molar-refractivity contribution in [2.75, 3.05) is 25.6 Å². The number of aromatic nitrogens is 2. The summed E-state index contributed by atoms with van der Waals surface area (Å²) in [6.07, 6.45) is 4.89. The molecule has 0 spiro atoms. The van der Waals surface area contributed by atoms with Crippen molar-refractivity contribution in [2.45, 2.75) is 42.4 Å². The molecule has 1 atom stereocenters. The number of ether oxygens (including phenoxy) is 1. The number of rotatable bonds is 7. The predicted molar refractivity (Wildman–Crippen MR) is 118 cm³/mol. The highest BCUT2D eigenvalue weighted by Crippen LogP contribution is 2.34. The molecule has 0 saturated carbocycles. The van der Waals surface area contributed by atoms with Gasteiger partial charge in [-0.1, -0.05) is 16.2 Å². The van der Waals surface area contributed by atoms with Gasteiger partial charge in [0.15, 0.2) is 0 Å². The average molecular weight is 435 g/mol. The summed E-state index contributed by atoms with van der Waals surface area (Å²) in [7, 11) is 3.75. The van der Waals surface area contributed by atoms with Crippen molar-refractivity contribution in [2.24, 2.45) is 4.40 Å². The molecule has 29 heavy (non-hydrogen) atoms. The Labute approximate surface area is 179 Å². The molecular formula is C20H26N4O3S2. The van der Waals surface area contributed by atoms with Crippen molar-refractivity contribution in [1.82, 2.24) is 9.97 Å². The van der Waals surface area contributed by atoms with Gasteiger partial charge in [-0.3, -0.25) is 0 Å². The van der Waals surface area contributed by atoms with Crippen LogP contribution in [0.3, 0.4) is 0 Å². The van der Waals surface area contributed by atoms with Gasteiger partial charge in [-0.2, -0.15) is 0 Å². The number of carbonyl (C=O) groups excluding carboxylic acids is 1. The molecule has 0 aliphatic carbocycles. The van der Waals surface area contributed by atoms with E-state index < -0.39 is 22.1 Å². The Balaban J connectivity index is 2.48. The quantitative estimate of drug-likeness (QED) is 0.372. The van der Waals surface area contributed by atoms with E-state index in [9.17, 15) is 9.35 Å². The molecule has 0 aliphatic heterocycles. The van der Waals surface area contributed by atoms with Crippen LogP contribution in [0.1, 0.15) is 43.6 Å². The Morgan fingerprint density at radius 1 is 1.31 bits per heavy atom. The molecule has 1 unspecified atom stereocenters. The van der Waals surface area contributed by atoms with E-state index in [1.165, 1.54) is 11.8 Å². The average Bonchev–Trinajstić information content (AvgIpc) is 2.66. The first kappa shape index (κ1) is 23.2. The van der Waals surface area contributed by atoms with Gasteiger partial charge in [0, 0.05) is 31.4 Å². The van der Waals surface area contributed by atoms with Crippen molar-refractivity contribution in [3.63, 3.8) is 0 Å². The maximum Gasteiger partial charge on any atom is 0.340 e. The number of esters is 1. The maximum absolute atomic E-state index is 12.4. The third-order valence-electron chi connectivity index (χ3n) is 3.63. The number of pyridine rings is 2. The molecular weight excluding hydrogens is 408 g/mol. The van der Waals surface area contributed by atoms with Crippen LogP contribution in [-0.2, 0) is 16.1 Å². The zero-order valence-corrected chi connectivity index (χ0v) is 19.1. The fraction of sp³-hybridized carbons (Fsp3) is 0.400. The molecule has 0 radical (unpaired) electrons. The summed E-state index contributed by atoms with van der Waals surface area (Å²) in [6, 6.07) is 5.20.